The number of halogens is 1. The Morgan fingerprint density at radius 3 is 2.55 bits per heavy atom. The molecule has 1 fully saturated rings. The number of aromatic nitrogens is 1. The normalized spacial score (nSPS) is 15.2. The summed E-state index contributed by atoms with van der Waals surface area (Å²) in [6.45, 7) is 8.13. The van der Waals surface area contributed by atoms with Gasteiger partial charge in [-0.3, -0.25) is 9.79 Å². The molecule has 1 saturated carbocycles. The molecule has 1 aliphatic rings. The van der Waals surface area contributed by atoms with E-state index in [4.69, 9.17) is 4.99 Å². The Kier molecular flexibility index (Phi) is 10.8. The molecule has 1 aromatic heterocycles. The van der Waals surface area contributed by atoms with Gasteiger partial charge in [-0.1, -0.05) is 70.7 Å². The Bertz CT molecular complexity index is 864. The molecule has 172 valence electrons. The lowest BCUT2D eigenvalue weighted by Gasteiger charge is -2.17. The number of benzene rings is 1. The van der Waals surface area contributed by atoms with Gasteiger partial charge in [0.2, 0.25) is 5.91 Å². The minimum atomic E-state index is 0. The van der Waals surface area contributed by atoms with E-state index in [0.29, 0.717) is 24.9 Å². The molecule has 31 heavy (non-hydrogen) atoms. The van der Waals surface area contributed by atoms with E-state index in [1.54, 1.807) is 11.3 Å². The second-order valence-corrected chi connectivity index (χ2v) is 9.62. The van der Waals surface area contributed by atoms with Crippen molar-refractivity contribution in [1.29, 1.82) is 0 Å². The number of nitrogens with zero attached hydrogens (tertiary/aromatic N) is 2. The maximum Gasteiger partial charge on any atom is 0.226 e. The fraction of sp³-hybridized carbons (Fsp3) is 0.600. The summed E-state index contributed by atoms with van der Waals surface area (Å²) in [5.74, 6) is 0.606. The van der Waals surface area contributed by atoms with Gasteiger partial charge in [-0.2, -0.15) is 0 Å². The lowest BCUT2D eigenvalue weighted by molar-refractivity contribution is -0.120. The fourth-order valence-corrected chi connectivity index (χ4v) is 4.98. The maximum absolute atomic E-state index is 12.6. The van der Waals surface area contributed by atoms with Gasteiger partial charge >= 0.3 is 0 Å². The number of carbonyl (C=O) groups is 1. The highest BCUT2D eigenvalue weighted by atomic mass is 35.5. The van der Waals surface area contributed by atoms with Gasteiger partial charge < -0.3 is 9.88 Å². The van der Waals surface area contributed by atoms with Gasteiger partial charge in [0.05, 0.1) is 12.5 Å². The van der Waals surface area contributed by atoms with Crippen LogP contribution < -0.4 is 10.1 Å². The number of rotatable bonds is 9. The largest absolute Gasteiger partial charge is 0.352 e. The number of hydrogen-bond donors (Lipinski definition) is 1. The van der Waals surface area contributed by atoms with Gasteiger partial charge in [0.25, 0.3) is 0 Å². The molecule has 0 aliphatic heterocycles. The molecule has 0 spiro atoms. The molecule has 1 aliphatic carbocycles. The standard InChI is InChI=1S/C25H37N3OS.ClH/c1-4-5-15-28-23(18-30-25(28)27-22-9-7-6-8-10-22)16-24(29)26-17-20-11-13-21(14-12-20)19(2)3;/h11-14,18-19,22H,4-10,15-17H2,1-3H3,(H,26,29);1H. The molecule has 1 N–H and O–H groups in total. The predicted molar refractivity (Wildman–Crippen MR) is 133 cm³/mol. The summed E-state index contributed by atoms with van der Waals surface area (Å²) >= 11 is 1.70. The molecule has 6 heteroatoms. The van der Waals surface area contributed by atoms with Crippen LogP contribution >= 0.6 is 23.7 Å². The van der Waals surface area contributed by atoms with E-state index < -0.39 is 0 Å². The van der Waals surface area contributed by atoms with Crippen LogP contribution in [0.3, 0.4) is 0 Å². The van der Waals surface area contributed by atoms with Crippen molar-refractivity contribution in [3.63, 3.8) is 0 Å². The van der Waals surface area contributed by atoms with Crippen LogP contribution in [0.1, 0.15) is 88.5 Å². The van der Waals surface area contributed by atoms with Crippen molar-refractivity contribution in [2.75, 3.05) is 0 Å². The summed E-state index contributed by atoms with van der Waals surface area (Å²) in [5, 5.41) is 5.23. The summed E-state index contributed by atoms with van der Waals surface area (Å²) in [5.41, 5.74) is 3.56. The number of thiazole rings is 1. The van der Waals surface area contributed by atoms with Crippen LogP contribution in [-0.2, 0) is 24.3 Å². The lowest BCUT2D eigenvalue weighted by atomic mass is 9.96. The molecule has 1 heterocycles. The molecular weight excluding hydrogens is 426 g/mol. The van der Waals surface area contributed by atoms with Gasteiger partial charge in [-0.25, -0.2) is 0 Å². The highest BCUT2D eigenvalue weighted by molar-refractivity contribution is 7.07. The highest BCUT2D eigenvalue weighted by Gasteiger charge is 2.14. The van der Waals surface area contributed by atoms with Crippen molar-refractivity contribution < 1.29 is 4.79 Å². The van der Waals surface area contributed by atoms with Crippen molar-refractivity contribution in [3.05, 3.63) is 51.3 Å². The molecule has 0 radical (unpaired) electrons. The molecule has 0 bridgehead atoms. The van der Waals surface area contributed by atoms with Crippen molar-refractivity contribution in [2.45, 2.75) is 97.2 Å². The number of amides is 1. The van der Waals surface area contributed by atoms with E-state index in [2.05, 4.69) is 60.3 Å². The van der Waals surface area contributed by atoms with E-state index in [1.165, 1.54) is 37.7 Å². The Morgan fingerprint density at radius 1 is 1.19 bits per heavy atom. The molecule has 1 amide bonds. The number of hydrogen-bond acceptors (Lipinski definition) is 3. The summed E-state index contributed by atoms with van der Waals surface area (Å²) in [7, 11) is 0. The first-order valence-electron chi connectivity index (χ1n) is 11.6. The van der Waals surface area contributed by atoms with Gasteiger partial charge in [0.15, 0.2) is 4.80 Å². The molecule has 4 nitrogen and oxygen atoms in total. The average Bonchev–Trinajstić information content (AvgIpc) is 3.12. The predicted octanol–water partition coefficient (Wildman–Crippen LogP) is 5.99. The van der Waals surface area contributed by atoms with Gasteiger partial charge in [-0.15, -0.1) is 23.7 Å². The Morgan fingerprint density at radius 2 is 1.90 bits per heavy atom. The Labute approximate surface area is 197 Å². The number of carbonyl (C=O) groups excluding carboxylic acids is 1. The first-order valence-corrected chi connectivity index (χ1v) is 12.5. The topological polar surface area (TPSA) is 46.4 Å². The molecule has 2 aromatic rings. The van der Waals surface area contributed by atoms with E-state index in [1.807, 2.05) is 0 Å². The number of unbranched alkanes of at least 4 members (excludes halogenated alkanes) is 1. The minimum Gasteiger partial charge on any atom is -0.352 e. The minimum absolute atomic E-state index is 0. The zero-order chi connectivity index (χ0) is 21.3. The van der Waals surface area contributed by atoms with Crippen LogP contribution in [0.15, 0.2) is 34.6 Å². The fourth-order valence-electron chi connectivity index (χ4n) is 3.98. The zero-order valence-electron chi connectivity index (χ0n) is 19.2. The summed E-state index contributed by atoms with van der Waals surface area (Å²) in [6, 6.07) is 9.00. The van der Waals surface area contributed by atoms with Crippen LogP contribution in [-0.4, -0.2) is 16.5 Å². The SMILES string of the molecule is CCCCn1c(CC(=O)NCc2ccc(C(C)C)cc2)csc1=NC1CCCCC1.Cl. The first kappa shape index (κ1) is 25.7. The molecule has 0 atom stereocenters. The second-order valence-electron chi connectivity index (χ2n) is 8.79. The van der Waals surface area contributed by atoms with Crippen LogP contribution in [0.2, 0.25) is 0 Å². The molecule has 0 unspecified atom stereocenters. The number of nitrogens with one attached hydrogen (secondary N) is 1. The van der Waals surface area contributed by atoms with Gasteiger partial charge in [-0.05, 0) is 36.3 Å². The van der Waals surface area contributed by atoms with E-state index >= 15 is 0 Å². The van der Waals surface area contributed by atoms with Crippen molar-refractivity contribution in [3.8, 4) is 0 Å². The summed E-state index contributed by atoms with van der Waals surface area (Å²) < 4.78 is 2.29. The zero-order valence-corrected chi connectivity index (χ0v) is 20.9. The molecule has 0 saturated heterocycles. The second kappa shape index (κ2) is 13.1. The molecule has 1 aromatic carbocycles. The third kappa shape index (κ3) is 7.80. The van der Waals surface area contributed by atoms with Crippen molar-refractivity contribution in [1.82, 2.24) is 9.88 Å². The Hall–Kier alpha value is -1.59. The third-order valence-corrected chi connectivity index (χ3v) is 6.89. The van der Waals surface area contributed by atoms with Crippen LogP contribution in [0.5, 0.6) is 0 Å². The average molecular weight is 464 g/mol. The van der Waals surface area contributed by atoms with Gasteiger partial charge in [0.1, 0.15) is 0 Å². The monoisotopic (exact) mass is 463 g/mol. The van der Waals surface area contributed by atoms with E-state index in [0.717, 1.165) is 35.4 Å². The first-order chi connectivity index (χ1) is 14.6. The van der Waals surface area contributed by atoms with E-state index in [9.17, 15) is 4.79 Å². The van der Waals surface area contributed by atoms with Crippen LogP contribution in [0.25, 0.3) is 0 Å². The third-order valence-electron chi connectivity index (χ3n) is 5.96. The van der Waals surface area contributed by atoms with Gasteiger partial charge in [0, 0.05) is 24.2 Å². The van der Waals surface area contributed by atoms with Crippen LogP contribution in [0, 0.1) is 0 Å². The Balaban J connectivity index is 0.00000341. The smallest absolute Gasteiger partial charge is 0.226 e. The molecule has 3 rings (SSSR count). The molecular formula is C25H38ClN3OS. The quantitative estimate of drug-likeness (QED) is 0.488. The summed E-state index contributed by atoms with van der Waals surface area (Å²) in [4.78, 5) is 18.8. The van der Waals surface area contributed by atoms with Crippen LogP contribution in [0.4, 0.5) is 0 Å². The van der Waals surface area contributed by atoms with Crippen molar-refractivity contribution >= 4 is 29.7 Å². The highest BCUT2D eigenvalue weighted by Crippen LogP contribution is 2.20. The maximum atomic E-state index is 12.6. The summed E-state index contributed by atoms with van der Waals surface area (Å²) in [6.07, 6.45) is 9.02. The van der Waals surface area contributed by atoms with Crippen molar-refractivity contribution in [2.24, 2.45) is 4.99 Å². The lowest BCUT2D eigenvalue weighted by Crippen LogP contribution is -2.28. The van der Waals surface area contributed by atoms with E-state index in [-0.39, 0.29) is 18.3 Å².